The van der Waals surface area contributed by atoms with Crippen LogP contribution in [0.2, 0.25) is 0 Å². The van der Waals surface area contributed by atoms with E-state index in [0.29, 0.717) is 34.6 Å². The van der Waals surface area contributed by atoms with Gasteiger partial charge in [-0.15, -0.1) is 0 Å². The number of rotatable bonds is 14. The molecule has 8 nitrogen and oxygen atoms in total. The van der Waals surface area contributed by atoms with Crippen molar-refractivity contribution in [3.8, 4) is 28.5 Å². The molecule has 1 amide bonds. The predicted molar refractivity (Wildman–Crippen MR) is 174 cm³/mol. The Morgan fingerprint density at radius 2 is 1.56 bits per heavy atom. The van der Waals surface area contributed by atoms with Crippen LogP contribution in [-0.4, -0.2) is 79.4 Å². The molecular formula is C35H50N4O4. The van der Waals surface area contributed by atoms with E-state index in [1.807, 2.05) is 39.9 Å². The van der Waals surface area contributed by atoms with Gasteiger partial charge in [-0.3, -0.25) is 9.69 Å². The summed E-state index contributed by atoms with van der Waals surface area (Å²) in [5.74, 6) is 2.81. The molecule has 3 aromatic rings. The Labute approximate surface area is 257 Å². The smallest absolute Gasteiger partial charge is 0.253 e. The Bertz CT molecular complexity index is 1350. The van der Waals surface area contributed by atoms with Gasteiger partial charge in [0.1, 0.15) is 5.69 Å². The van der Waals surface area contributed by atoms with Gasteiger partial charge < -0.3 is 19.1 Å². The van der Waals surface area contributed by atoms with E-state index in [9.17, 15) is 4.79 Å². The minimum absolute atomic E-state index is 0.0718. The van der Waals surface area contributed by atoms with Gasteiger partial charge in [-0.1, -0.05) is 46.3 Å². The fourth-order valence-electron chi connectivity index (χ4n) is 5.58. The van der Waals surface area contributed by atoms with Crippen LogP contribution in [-0.2, 0) is 0 Å². The van der Waals surface area contributed by atoms with Gasteiger partial charge >= 0.3 is 0 Å². The summed E-state index contributed by atoms with van der Waals surface area (Å²) in [7, 11) is 4.84. The molecule has 1 fully saturated rings. The molecule has 0 radical (unpaired) electrons. The van der Waals surface area contributed by atoms with Gasteiger partial charge in [0.2, 0.25) is 5.75 Å². The second-order valence-electron chi connectivity index (χ2n) is 12.3. The Morgan fingerprint density at radius 3 is 2.12 bits per heavy atom. The van der Waals surface area contributed by atoms with E-state index in [0.717, 1.165) is 67.9 Å². The maximum Gasteiger partial charge on any atom is 0.253 e. The molecular weight excluding hydrogens is 540 g/mol. The number of piperidine rings is 1. The van der Waals surface area contributed by atoms with Crippen molar-refractivity contribution in [2.75, 3.05) is 54.1 Å². The number of methoxy groups -OCH3 is 3. The van der Waals surface area contributed by atoms with Crippen molar-refractivity contribution in [3.63, 3.8) is 0 Å². The van der Waals surface area contributed by atoms with Crippen LogP contribution >= 0.6 is 0 Å². The quantitative estimate of drug-likeness (QED) is 0.200. The van der Waals surface area contributed by atoms with Gasteiger partial charge in [-0.2, -0.15) is 5.10 Å². The highest BCUT2D eigenvalue weighted by molar-refractivity contribution is 5.96. The first-order valence-electron chi connectivity index (χ1n) is 15.8. The van der Waals surface area contributed by atoms with E-state index in [1.165, 1.54) is 19.3 Å². The number of pyridine rings is 1. The lowest BCUT2D eigenvalue weighted by molar-refractivity contribution is 0.0741. The van der Waals surface area contributed by atoms with Crippen LogP contribution in [0.5, 0.6) is 17.2 Å². The molecule has 1 saturated heterocycles. The number of ether oxygens (including phenoxy) is 3. The second kappa shape index (κ2) is 15.3. The zero-order chi connectivity index (χ0) is 30.9. The monoisotopic (exact) mass is 590 g/mol. The highest BCUT2D eigenvalue weighted by atomic mass is 16.5. The van der Waals surface area contributed by atoms with Crippen molar-refractivity contribution in [2.24, 2.45) is 11.8 Å². The third-order valence-corrected chi connectivity index (χ3v) is 8.20. The number of fused-ring (bicyclic) bond motifs is 1. The van der Waals surface area contributed by atoms with E-state index in [4.69, 9.17) is 19.3 Å². The fraction of sp³-hybridized carbons (Fsp3) is 0.543. The number of aromatic nitrogens is 2. The number of likely N-dealkylation sites (tertiary alicyclic amines) is 1. The molecule has 3 heterocycles. The van der Waals surface area contributed by atoms with Crippen molar-refractivity contribution in [3.05, 3.63) is 47.7 Å². The first kappa shape index (κ1) is 32.4. The first-order valence-corrected chi connectivity index (χ1v) is 15.8. The van der Waals surface area contributed by atoms with Gasteiger partial charge in [-0.25, -0.2) is 4.52 Å². The zero-order valence-electron chi connectivity index (χ0n) is 27.2. The molecule has 0 N–H and O–H groups in total. The molecule has 4 rings (SSSR count). The average Bonchev–Trinajstić information content (AvgIpc) is 3.37. The first-order chi connectivity index (χ1) is 20.7. The van der Waals surface area contributed by atoms with Gasteiger partial charge in [-0.05, 0) is 74.9 Å². The minimum atomic E-state index is 0.0718. The summed E-state index contributed by atoms with van der Waals surface area (Å²) in [6.45, 7) is 13.5. The molecule has 1 aliphatic rings. The van der Waals surface area contributed by atoms with Crippen LogP contribution in [0.3, 0.4) is 0 Å². The molecule has 8 heteroatoms. The Kier molecular flexibility index (Phi) is 11.5. The van der Waals surface area contributed by atoms with E-state index in [1.54, 1.807) is 21.3 Å². The number of nitrogens with zero attached hydrogens (tertiary/aromatic N) is 4. The van der Waals surface area contributed by atoms with Gasteiger partial charge in [0, 0.05) is 42.5 Å². The summed E-state index contributed by atoms with van der Waals surface area (Å²) in [5.41, 5.74) is 4.16. The summed E-state index contributed by atoms with van der Waals surface area (Å²) in [4.78, 5) is 18.4. The molecule has 0 atom stereocenters. The Morgan fingerprint density at radius 1 is 0.930 bits per heavy atom. The minimum Gasteiger partial charge on any atom is -0.493 e. The number of carbonyl (C=O) groups is 1. The second-order valence-corrected chi connectivity index (χ2v) is 12.3. The number of benzene rings is 1. The highest BCUT2D eigenvalue weighted by Gasteiger charge is 2.22. The van der Waals surface area contributed by atoms with Crippen molar-refractivity contribution in [1.29, 1.82) is 0 Å². The van der Waals surface area contributed by atoms with Crippen LogP contribution in [0.4, 0.5) is 0 Å². The molecule has 0 aliphatic carbocycles. The summed E-state index contributed by atoms with van der Waals surface area (Å²) in [5, 5.41) is 4.99. The van der Waals surface area contributed by atoms with E-state index in [2.05, 4.69) is 44.7 Å². The van der Waals surface area contributed by atoms with E-state index >= 15 is 0 Å². The van der Waals surface area contributed by atoms with Crippen LogP contribution in [0.1, 0.15) is 75.7 Å². The molecule has 234 valence electrons. The summed E-state index contributed by atoms with van der Waals surface area (Å²) < 4.78 is 18.7. The molecule has 0 bridgehead atoms. The predicted octanol–water partition coefficient (Wildman–Crippen LogP) is 7.06. The fourth-order valence-corrected chi connectivity index (χ4v) is 5.58. The molecule has 0 unspecified atom stereocenters. The van der Waals surface area contributed by atoms with E-state index < -0.39 is 0 Å². The summed E-state index contributed by atoms with van der Waals surface area (Å²) in [6.07, 6.45) is 12.0. The standard InChI is InChI=1S/C35H50N4O4/c1-25(2)13-19-38(20-14-26(3)4)35(40)27-15-21-39-30(22-27)29(12-11-18-37-16-9-8-10-17-37)33(36-39)28-23-31(41-5)34(43-7)32(24-28)42-6/h11-12,15,21-26H,8-10,13-14,16-20H2,1-7H3. The van der Waals surface area contributed by atoms with Gasteiger partial charge in [0.15, 0.2) is 11.5 Å². The number of amides is 1. The van der Waals surface area contributed by atoms with Gasteiger partial charge in [0.05, 0.1) is 26.8 Å². The average molecular weight is 591 g/mol. The zero-order valence-corrected chi connectivity index (χ0v) is 27.2. The van der Waals surface area contributed by atoms with Crippen molar-refractivity contribution in [1.82, 2.24) is 19.4 Å². The van der Waals surface area contributed by atoms with Crippen LogP contribution in [0, 0.1) is 11.8 Å². The maximum atomic E-state index is 13.9. The highest BCUT2D eigenvalue weighted by Crippen LogP contribution is 2.42. The SMILES string of the molecule is COc1cc(-c2nn3ccc(C(=O)N(CCC(C)C)CCC(C)C)cc3c2C=CCN2CCCCC2)cc(OC)c1OC. The largest absolute Gasteiger partial charge is 0.493 e. The number of hydrogen-bond acceptors (Lipinski definition) is 6. The van der Waals surface area contributed by atoms with Crippen molar-refractivity contribution in [2.45, 2.75) is 59.8 Å². The molecule has 1 aliphatic heterocycles. The maximum absolute atomic E-state index is 13.9. The van der Waals surface area contributed by atoms with Gasteiger partial charge in [0.25, 0.3) is 5.91 Å². The van der Waals surface area contributed by atoms with Crippen LogP contribution in [0.25, 0.3) is 22.9 Å². The molecule has 43 heavy (non-hydrogen) atoms. The molecule has 0 spiro atoms. The normalized spacial score (nSPS) is 14.3. The summed E-state index contributed by atoms with van der Waals surface area (Å²) >= 11 is 0. The summed E-state index contributed by atoms with van der Waals surface area (Å²) in [6, 6.07) is 7.74. The lowest BCUT2D eigenvalue weighted by Gasteiger charge is -2.25. The molecule has 0 saturated carbocycles. The Hall–Kier alpha value is -3.52. The molecule has 1 aromatic carbocycles. The van der Waals surface area contributed by atoms with Crippen molar-refractivity contribution >= 4 is 17.5 Å². The lowest BCUT2D eigenvalue weighted by atomic mass is 10.0. The number of hydrogen-bond donors (Lipinski definition) is 0. The van der Waals surface area contributed by atoms with Crippen molar-refractivity contribution < 1.29 is 19.0 Å². The van der Waals surface area contributed by atoms with Crippen LogP contribution < -0.4 is 14.2 Å². The number of carbonyl (C=O) groups excluding carboxylic acids is 1. The Balaban J connectivity index is 1.78. The third kappa shape index (κ3) is 8.11. The van der Waals surface area contributed by atoms with E-state index in [-0.39, 0.29) is 5.91 Å². The van der Waals surface area contributed by atoms with Crippen LogP contribution in [0.15, 0.2) is 36.5 Å². The topological polar surface area (TPSA) is 68.5 Å². The third-order valence-electron chi connectivity index (χ3n) is 8.20. The molecule has 2 aromatic heterocycles. The lowest BCUT2D eigenvalue weighted by Crippen LogP contribution is -2.34.